The largest absolute Gasteiger partial charge is 0.372 e. The Bertz CT molecular complexity index is 850. The topological polar surface area (TPSA) is 75.4 Å². The third kappa shape index (κ3) is 3.85. The molecule has 1 aliphatic rings. The van der Waals surface area contributed by atoms with Crippen LogP contribution in [0.25, 0.3) is 4.96 Å². The Balaban J connectivity index is 1.29. The molecule has 7 nitrogen and oxygen atoms in total. The van der Waals surface area contributed by atoms with Crippen LogP contribution in [0.3, 0.4) is 0 Å². The van der Waals surface area contributed by atoms with Gasteiger partial charge in [0, 0.05) is 37.3 Å². The number of carbonyl (C=O) groups excluding carboxylic acids is 1. The van der Waals surface area contributed by atoms with Crippen molar-refractivity contribution < 1.29 is 4.79 Å². The smallest absolute Gasteiger partial charge is 0.234 e. The molecule has 0 bridgehead atoms. The first-order valence-corrected chi connectivity index (χ1v) is 9.79. The number of hydrogen-bond acceptors (Lipinski definition) is 6. The second kappa shape index (κ2) is 7.41. The van der Waals surface area contributed by atoms with E-state index >= 15 is 0 Å². The van der Waals surface area contributed by atoms with Crippen LogP contribution < -0.4 is 10.2 Å². The van der Waals surface area contributed by atoms with Crippen molar-refractivity contribution in [3.8, 4) is 0 Å². The van der Waals surface area contributed by atoms with Crippen LogP contribution in [0.1, 0.15) is 31.2 Å². The molecule has 0 atom stereocenters. The van der Waals surface area contributed by atoms with E-state index < -0.39 is 0 Å². The van der Waals surface area contributed by atoms with E-state index in [0.717, 1.165) is 34.7 Å². The monoisotopic (exact) mass is 370 g/mol. The van der Waals surface area contributed by atoms with Crippen molar-refractivity contribution in [2.45, 2.75) is 32.6 Å². The molecule has 0 unspecified atom stereocenters. The number of nitrogens with zero attached hydrogens (tertiary/aromatic N) is 5. The Hall–Kier alpha value is -2.48. The van der Waals surface area contributed by atoms with Crippen molar-refractivity contribution in [2.75, 3.05) is 23.3 Å². The summed E-state index contributed by atoms with van der Waals surface area (Å²) in [6, 6.07) is 8.14. The molecule has 0 saturated carbocycles. The summed E-state index contributed by atoms with van der Waals surface area (Å²) in [7, 11) is 0. The highest BCUT2D eigenvalue weighted by atomic mass is 32.1. The van der Waals surface area contributed by atoms with Gasteiger partial charge < -0.3 is 10.2 Å². The predicted molar refractivity (Wildman–Crippen MR) is 103 cm³/mol. The van der Waals surface area contributed by atoms with Crippen LogP contribution in [-0.4, -0.2) is 38.8 Å². The fourth-order valence-corrected chi connectivity index (χ4v) is 3.98. The van der Waals surface area contributed by atoms with Gasteiger partial charge in [-0.2, -0.15) is 9.61 Å². The van der Waals surface area contributed by atoms with Gasteiger partial charge in [0.25, 0.3) is 0 Å². The maximum atomic E-state index is 12.2. The number of benzene rings is 1. The van der Waals surface area contributed by atoms with Crippen molar-refractivity contribution in [2.24, 2.45) is 5.92 Å². The number of fused-ring (bicyclic) bond motifs is 1. The summed E-state index contributed by atoms with van der Waals surface area (Å²) in [5.41, 5.74) is 2.07. The molecule has 2 aromatic heterocycles. The summed E-state index contributed by atoms with van der Waals surface area (Å²) >= 11 is 1.46. The second-order valence-corrected chi connectivity index (χ2v) is 7.86. The van der Waals surface area contributed by atoms with Crippen molar-refractivity contribution in [3.05, 3.63) is 35.6 Å². The van der Waals surface area contributed by atoms with E-state index in [1.165, 1.54) is 29.9 Å². The lowest BCUT2D eigenvalue weighted by Crippen LogP contribution is -2.32. The van der Waals surface area contributed by atoms with E-state index in [2.05, 4.69) is 44.6 Å². The first-order valence-electron chi connectivity index (χ1n) is 8.98. The molecule has 1 saturated heterocycles. The third-order valence-corrected chi connectivity index (χ3v) is 5.77. The fraction of sp³-hybridized carbons (Fsp3) is 0.444. The molecule has 1 aliphatic heterocycles. The molecular weight excluding hydrogens is 348 g/mol. The maximum Gasteiger partial charge on any atom is 0.234 e. The SMILES string of the molecule is CC1CCN(c2ccc(NC(=O)CCc3nn4cnnc4s3)cc2)CC1. The van der Waals surface area contributed by atoms with E-state index in [-0.39, 0.29) is 5.91 Å². The zero-order valence-corrected chi connectivity index (χ0v) is 15.6. The van der Waals surface area contributed by atoms with Gasteiger partial charge in [0.1, 0.15) is 11.3 Å². The minimum atomic E-state index is -0.00415. The van der Waals surface area contributed by atoms with Crippen LogP contribution in [0.2, 0.25) is 0 Å². The number of amides is 1. The average Bonchev–Trinajstić information content (AvgIpc) is 3.23. The van der Waals surface area contributed by atoms with Crippen LogP contribution in [0.5, 0.6) is 0 Å². The Morgan fingerprint density at radius 1 is 1.27 bits per heavy atom. The lowest BCUT2D eigenvalue weighted by atomic mass is 9.99. The molecule has 1 fully saturated rings. The highest BCUT2D eigenvalue weighted by Gasteiger charge is 2.16. The van der Waals surface area contributed by atoms with Crippen molar-refractivity contribution in [3.63, 3.8) is 0 Å². The summed E-state index contributed by atoms with van der Waals surface area (Å²) in [5.74, 6) is 0.818. The minimum Gasteiger partial charge on any atom is -0.372 e. The number of anilines is 2. The molecular formula is C18H22N6OS. The summed E-state index contributed by atoms with van der Waals surface area (Å²) in [5, 5.41) is 15.9. The number of carbonyl (C=O) groups is 1. The molecule has 3 aromatic rings. The lowest BCUT2D eigenvalue weighted by Gasteiger charge is -2.32. The number of piperidine rings is 1. The van der Waals surface area contributed by atoms with Gasteiger partial charge in [0.15, 0.2) is 0 Å². The molecule has 26 heavy (non-hydrogen) atoms. The van der Waals surface area contributed by atoms with Crippen molar-refractivity contribution in [1.82, 2.24) is 19.8 Å². The van der Waals surface area contributed by atoms with Crippen LogP contribution in [0, 0.1) is 5.92 Å². The predicted octanol–water partition coefficient (Wildman–Crippen LogP) is 2.99. The average molecular weight is 370 g/mol. The summed E-state index contributed by atoms with van der Waals surface area (Å²) in [4.78, 5) is 15.4. The Labute approximate surface area is 156 Å². The number of aromatic nitrogens is 4. The molecule has 0 radical (unpaired) electrons. The first kappa shape index (κ1) is 17.0. The van der Waals surface area contributed by atoms with Crippen molar-refractivity contribution in [1.29, 1.82) is 0 Å². The lowest BCUT2D eigenvalue weighted by molar-refractivity contribution is -0.116. The first-order chi connectivity index (χ1) is 12.7. The van der Waals surface area contributed by atoms with Gasteiger partial charge in [-0.1, -0.05) is 18.3 Å². The van der Waals surface area contributed by atoms with Gasteiger partial charge >= 0.3 is 0 Å². The van der Waals surface area contributed by atoms with E-state index in [0.29, 0.717) is 12.8 Å². The van der Waals surface area contributed by atoms with Crippen LogP contribution in [0.4, 0.5) is 11.4 Å². The maximum absolute atomic E-state index is 12.2. The van der Waals surface area contributed by atoms with Gasteiger partial charge in [-0.05, 0) is 43.0 Å². The Morgan fingerprint density at radius 2 is 2.04 bits per heavy atom. The molecule has 8 heteroatoms. The van der Waals surface area contributed by atoms with Crippen LogP contribution >= 0.6 is 11.3 Å². The number of rotatable bonds is 5. The van der Waals surface area contributed by atoms with Gasteiger partial charge in [0.2, 0.25) is 10.9 Å². The van der Waals surface area contributed by atoms with E-state index in [9.17, 15) is 4.79 Å². The summed E-state index contributed by atoms with van der Waals surface area (Å²) in [6.45, 7) is 4.54. The Kier molecular flexibility index (Phi) is 4.83. The third-order valence-electron chi connectivity index (χ3n) is 4.79. The number of nitrogens with one attached hydrogen (secondary N) is 1. The van der Waals surface area contributed by atoms with Gasteiger partial charge in [-0.3, -0.25) is 4.79 Å². The fourth-order valence-electron chi connectivity index (χ4n) is 3.17. The molecule has 1 amide bonds. The standard InChI is InChI=1S/C18H22N6OS/c1-13-8-10-23(11-9-13)15-4-2-14(3-5-15)20-16(25)6-7-17-22-24-12-19-21-18(24)26-17/h2-5,12-13H,6-11H2,1H3,(H,20,25). The number of aryl methyl sites for hydroxylation is 1. The molecule has 0 aliphatic carbocycles. The van der Waals surface area contributed by atoms with E-state index in [4.69, 9.17) is 0 Å². The van der Waals surface area contributed by atoms with Gasteiger partial charge in [-0.25, -0.2) is 0 Å². The molecule has 136 valence electrons. The molecule has 4 rings (SSSR count). The van der Waals surface area contributed by atoms with E-state index in [1.807, 2.05) is 12.1 Å². The van der Waals surface area contributed by atoms with Crippen molar-refractivity contribution >= 4 is 33.6 Å². The molecule has 3 heterocycles. The summed E-state index contributed by atoms with van der Waals surface area (Å²) in [6.07, 6.45) is 5.06. The highest BCUT2D eigenvalue weighted by Crippen LogP contribution is 2.24. The minimum absolute atomic E-state index is 0.00415. The van der Waals surface area contributed by atoms with Crippen LogP contribution in [0.15, 0.2) is 30.6 Å². The zero-order chi connectivity index (χ0) is 17.9. The molecule has 1 aromatic carbocycles. The second-order valence-electron chi connectivity index (χ2n) is 6.82. The Morgan fingerprint density at radius 3 is 2.77 bits per heavy atom. The summed E-state index contributed by atoms with van der Waals surface area (Å²) < 4.78 is 1.64. The molecule has 1 N–H and O–H groups in total. The molecule has 0 spiro atoms. The quantitative estimate of drug-likeness (QED) is 0.747. The normalized spacial score (nSPS) is 15.5. The number of hydrogen-bond donors (Lipinski definition) is 1. The van der Waals surface area contributed by atoms with Gasteiger partial charge in [-0.15, -0.1) is 10.2 Å². The van der Waals surface area contributed by atoms with E-state index in [1.54, 1.807) is 10.8 Å². The van der Waals surface area contributed by atoms with Gasteiger partial charge in [0.05, 0.1) is 0 Å². The zero-order valence-electron chi connectivity index (χ0n) is 14.8. The highest BCUT2D eigenvalue weighted by molar-refractivity contribution is 7.16. The van der Waals surface area contributed by atoms with Crippen LogP contribution in [-0.2, 0) is 11.2 Å².